The summed E-state index contributed by atoms with van der Waals surface area (Å²) in [5.74, 6) is -1.67. The number of halogens is 2. The number of rotatable bonds is 4. The van der Waals surface area contributed by atoms with E-state index < -0.39 is 11.6 Å². The molecule has 0 spiro atoms. The molecular weight excluding hydrogens is 224 g/mol. The fourth-order valence-electron chi connectivity index (χ4n) is 1.62. The van der Waals surface area contributed by atoms with Crippen molar-refractivity contribution >= 4 is 11.6 Å². The van der Waals surface area contributed by atoms with Gasteiger partial charge in [0.1, 0.15) is 0 Å². The van der Waals surface area contributed by atoms with Gasteiger partial charge in [-0.2, -0.15) is 0 Å². The van der Waals surface area contributed by atoms with Crippen molar-refractivity contribution in [3.63, 3.8) is 0 Å². The first-order valence-electron chi connectivity index (χ1n) is 5.71. The van der Waals surface area contributed by atoms with Crippen LogP contribution < -0.4 is 4.90 Å². The molecule has 0 heterocycles. The standard InChI is InChI=1S/C13H17F2NO/c1-4-16(13(17)7-9(2)3)10-5-6-11(14)12(15)8-10/h5-6,8-9H,4,7H2,1-3H3. The van der Waals surface area contributed by atoms with Gasteiger partial charge in [-0.15, -0.1) is 0 Å². The first kappa shape index (κ1) is 13.6. The van der Waals surface area contributed by atoms with Crippen molar-refractivity contribution in [1.29, 1.82) is 0 Å². The highest BCUT2D eigenvalue weighted by Gasteiger charge is 2.16. The predicted octanol–water partition coefficient (Wildman–Crippen LogP) is 3.36. The largest absolute Gasteiger partial charge is 0.313 e. The quantitative estimate of drug-likeness (QED) is 0.791. The molecule has 2 nitrogen and oxygen atoms in total. The monoisotopic (exact) mass is 241 g/mol. The summed E-state index contributed by atoms with van der Waals surface area (Å²) in [5, 5.41) is 0. The number of carbonyl (C=O) groups is 1. The van der Waals surface area contributed by atoms with Gasteiger partial charge in [0.05, 0.1) is 0 Å². The van der Waals surface area contributed by atoms with E-state index in [0.717, 1.165) is 12.1 Å². The Morgan fingerprint density at radius 1 is 1.29 bits per heavy atom. The molecule has 1 amide bonds. The third-order valence-electron chi connectivity index (χ3n) is 2.42. The van der Waals surface area contributed by atoms with Gasteiger partial charge in [-0.3, -0.25) is 4.79 Å². The van der Waals surface area contributed by atoms with E-state index >= 15 is 0 Å². The highest BCUT2D eigenvalue weighted by Crippen LogP contribution is 2.19. The van der Waals surface area contributed by atoms with Crippen molar-refractivity contribution in [1.82, 2.24) is 0 Å². The molecule has 1 rings (SSSR count). The van der Waals surface area contributed by atoms with Crippen molar-refractivity contribution < 1.29 is 13.6 Å². The zero-order chi connectivity index (χ0) is 13.0. The molecule has 4 heteroatoms. The molecule has 0 saturated carbocycles. The van der Waals surface area contributed by atoms with Crippen LogP contribution in [0.2, 0.25) is 0 Å². The number of anilines is 1. The van der Waals surface area contributed by atoms with E-state index in [0.29, 0.717) is 18.7 Å². The van der Waals surface area contributed by atoms with Crippen LogP contribution in [0.25, 0.3) is 0 Å². The second-order valence-electron chi connectivity index (χ2n) is 4.33. The highest BCUT2D eigenvalue weighted by molar-refractivity contribution is 5.93. The van der Waals surface area contributed by atoms with E-state index in [2.05, 4.69) is 0 Å². The third kappa shape index (κ3) is 3.51. The lowest BCUT2D eigenvalue weighted by atomic mass is 10.1. The van der Waals surface area contributed by atoms with Crippen LogP contribution in [-0.2, 0) is 4.79 Å². The van der Waals surface area contributed by atoms with Crippen LogP contribution in [0.3, 0.4) is 0 Å². The van der Waals surface area contributed by atoms with Gasteiger partial charge in [0.2, 0.25) is 5.91 Å². The molecule has 0 aliphatic rings. The number of nitrogens with zero attached hydrogens (tertiary/aromatic N) is 1. The van der Waals surface area contributed by atoms with Crippen molar-refractivity contribution in [2.45, 2.75) is 27.2 Å². The summed E-state index contributed by atoms with van der Waals surface area (Å²) in [6.07, 6.45) is 0.396. The lowest BCUT2D eigenvalue weighted by Gasteiger charge is -2.22. The van der Waals surface area contributed by atoms with Crippen LogP contribution in [0.1, 0.15) is 27.2 Å². The minimum absolute atomic E-state index is 0.0755. The molecule has 0 saturated heterocycles. The Labute approximate surface area is 100 Å². The lowest BCUT2D eigenvalue weighted by molar-refractivity contribution is -0.119. The molecule has 1 aromatic rings. The molecule has 0 N–H and O–H groups in total. The molecule has 94 valence electrons. The van der Waals surface area contributed by atoms with E-state index in [4.69, 9.17) is 0 Å². The molecule has 0 bridgehead atoms. The van der Waals surface area contributed by atoms with E-state index in [1.54, 1.807) is 6.92 Å². The SMILES string of the molecule is CCN(C(=O)CC(C)C)c1ccc(F)c(F)c1. The first-order chi connectivity index (χ1) is 7.95. The fourth-order valence-corrected chi connectivity index (χ4v) is 1.62. The summed E-state index contributed by atoms with van der Waals surface area (Å²) in [5.41, 5.74) is 0.400. The van der Waals surface area contributed by atoms with Gasteiger partial charge < -0.3 is 4.90 Å². The Hall–Kier alpha value is -1.45. The summed E-state index contributed by atoms with van der Waals surface area (Å²) in [7, 11) is 0. The average molecular weight is 241 g/mol. The smallest absolute Gasteiger partial charge is 0.227 e. The second-order valence-corrected chi connectivity index (χ2v) is 4.33. The summed E-state index contributed by atoms with van der Waals surface area (Å²) in [4.78, 5) is 13.4. The maximum absolute atomic E-state index is 13.1. The summed E-state index contributed by atoms with van der Waals surface area (Å²) < 4.78 is 25.9. The van der Waals surface area contributed by atoms with Gasteiger partial charge >= 0.3 is 0 Å². The number of benzene rings is 1. The lowest BCUT2D eigenvalue weighted by Crippen LogP contribution is -2.31. The summed E-state index contributed by atoms with van der Waals surface area (Å²) in [6, 6.07) is 3.51. The molecular formula is C13H17F2NO. The van der Waals surface area contributed by atoms with Crippen LogP contribution in [-0.4, -0.2) is 12.5 Å². The molecule has 17 heavy (non-hydrogen) atoms. The molecule has 0 unspecified atom stereocenters. The minimum atomic E-state index is -0.932. The first-order valence-corrected chi connectivity index (χ1v) is 5.71. The van der Waals surface area contributed by atoms with Crippen LogP contribution in [0.5, 0.6) is 0 Å². The van der Waals surface area contributed by atoms with Crippen molar-refractivity contribution in [3.8, 4) is 0 Å². The Balaban J connectivity index is 2.93. The molecule has 0 radical (unpaired) electrons. The maximum Gasteiger partial charge on any atom is 0.227 e. The van der Waals surface area contributed by atoms with Crippen molar-refractivity contribution in [3.05, 3.63) is 29.8 Å². The number of hydrogen-bond acceptors (Lipinski definition) is 1. The Morgan fingerprint density at radius 2 is 1.94 bits per heavy atom. The second kappa shape index (κ2) is 5.75. The number of carbonyl (C=O) groups excluding carboxylic acids is 1. The van der Waals surface area contributed by atoms with Gasteiger partial charge in [0.25, 0.3) is 0 Å². The molecule has 1 aromatic carbocycles. The number of amides is 1. The van der Waals surface area contributed by atoms with Crippen LogP contribution >= 0.6 is 0 Å². The normalized spacial score (nSPS) is 10.7. The third-order valence-corrected chi connectivity index (χ3v) is 2.42. The van der Waals surface area contributed by atoms with Crippen molar-refractivity contribution in [2.24, 2.45) is 5.92 Å². The Bertz CT molecular complexity index is 404. The summed E-state index contributed by atoms with van der Waals surface area (Å²) >= 11 is 0. The zero-order valence-corrected chi connectivity index (χ0v) is 10.3. The predicted molar refractivity (Wildman–Crippen MR) is 63.8 cm³/mol. The Morgan fingerprint density at radius 3 is 2.41 bits per heavy atom. The average Bonchev–Trinajstić information content (AvgIpc) is 2.23. The highest BCUT2D eigenvalue weighted by atomic mass is 19.2. The van der Waals surface area contributed by atoms with E-state index in [1.807, 2.05) is 13.8 Å². The van der Waals surface area contributed by atoms with E-state index in [9.17, 15) is 13.6 Å². The molecule has 0 aliphatic carbocycles. The topological polar surface area (TPSA) is 20.3 Å². The van der Waals surface area contributed by atoms with E-state index in [-0.39, 0.29) is 11.8 Å². The zero-order valence-electron chi connectivity index (χ0n) is 10.3. The minimum Gasteiger partial charge on any atom is -0.313 e. The maximum atomic E-state index is 13.1. The van der Waals surface area contributed by atoms with Gasteiger partial charge in [-0.05, 0) is 25.0 Å². The van der Waals surface area contributed by atoms with Gasteiger partial charge in [-0.25, -0.2) is 8.78 Å². The van der Waals surface area contributed by atoms with Gasteiger partial charge in [0, 0.05) is 24.7 Å². The fraction of sp³-hybridized carbons (Fsp3) is 0.462. The van der Waals surface area contributed by atoms with Crippen LogP contribution in [0.4, 0.5) is 14.5 Å². The number of hydrogen-bond donors (Lipinski definition) is 0. The van der Waals surface area contributed by atoms with E-state index in [1.165, 1.54) is 11.0 Å². The summed E-state index contributed by atoms with van der Waals surface area (Å²) in [6.45, 7) is 6.13. The molecule has 0 aromatic heterocycles. The van der Waals surface area contributed by atoms with Crippen molar-refractivity contribution in [2.75, 3.05) is 11.4 Å². The Kier molecular flexibility index (Phi) is 4.61. The van der Waals surface area contributed by atoms with Crippen LogP contribution in [0.15, 0.2) is 18.2 Å². The van der Waals surface area contributed by atoms with Gasteiger partial charge in [0.15, 0.2) is 11.6 Å². The molecule has 0 fully saturated rings. The van der Waals surface area contributed by atoms with Gasteiger partial charge in [-0.1, -0.05) is 13.8 Å². The van der Waals surface area contributed by atoms with Crippen LogP contribution in [0, 0.1) is 17.6 Å². The molecule has 0 aliphatic heterocycles. The molecule has 0 atom stereocenters.